The SMILES string of the molecule is Cc1ccc(C#N)c(-c2cccc(S(C)(=O)=O)c2)c1. The van der Waals surface area contributed by atoms with Crippen molar-refractivity contribution in [3.63, 3.8) is 0 Å². The van der Waals surface area contributed by atoms with E-state index in [4.69, 9.17) is 5.26 Å². The summed E-state index contributed by atoms with van der Waals surface area (Å²) in [5.74, 6) is 0. The van der Waals surface area contributed by atoms with Crippen LogP contribution in [0.3, 0.4) is 0 Å². The van der Waals surface area contributed by atoms with Crippen LogP contribution in [0.25, 0.3) is 11.1 Å². The quantitative estimate of drug-likeness (QED) is 0.843. The van der Waals surface area contributed by atoms with Crippen molar-refractivity contribution >= 4 is 9.84 Å². The van der Waals surface area contributed by atoms with E-state index in [2.05, 4.69) is 6.07 Å². The maximum absolute atomic E-state index is 11.6. The second kappa shape index (κ2) is 4.87. The first-order valence-electron chi connectivity index (χ1n) is 5.73. The molecule has 19 heavy (non-hydrogen) atoms. The fraction of sp³-hybridized carbons (Fsp3) is 0.133. The Labute approximate surface area is 113 Å². The molecule has 2 aromatic carbocycles. The molecule has 0 unspecified atom stereocenters. The van der Waals surface area contributed by atoms with Crippen LogP contribution in [0.5, 0.6) is 0 Å². The van der Waals surface area contributed by atoms with Gasteiger partial charge in [-0.25, -0.2) is 8.42 Å². The molecule has 0 saturated heterocycles. The van der Waals surface area contributed by atoms with E-state index in [-0.39, 0.29) is 4.90 Å². The van der Waals surface area contributed by atoms with Crippen molar-refractivity contribution < 1.29 is 8.42 Å². The first-order valence-corrected chi connectivity index (χ1v) is 7.62. The minimum absolute atomic E-state index is 0.260. The molecule has 0 atom stereocenters. The van der Waals surface area contributed by atoms with Gasteiger partial charge < -0.3 is 0 Å². The molecular weight excluding hydrogens is 258 g/mol. The Hall–Kier alpha value is -2.12. The summed E-state index contributed by atoms with van der Waals surface area (Å²) in [6.07, 6.45) is 1.17. The van der Waals surface area contributed by atoms with Gasteiger partial charge in [0.2, 0.25) is 0 Å². The molecule has 0 aliphatic carbocycles. The van der Waals surface area contributed by atoms with Gasteiger partial charge in [-0.15, -0.1) is 0 Å². The first kappa shape index (κ1) is 13.3. The topological polar surface area (TPSA) is 57.9 Å². The Morgan fingerprint density at radius 1 is 1.11 bits per heavy atom. The molecule has 0 saturated carbocycles. The smallest absolute Gasteiger partial charge is 0.175 e. The second-order valence-electron chi connectivity index (χ2n) is 4.46. The predicted molar refractivity (Wildman–Crippen MR) is 74.4 cm³/mol. The average molecular weight is 271 g/mol. The van der Waals surface area contributed by atoms with Crippen molar-refractivity contribution in [3.05, 3.63) is 53.6 Å². The molecule has 2 aromatic rings. The predicted octanol–water partition coefficient (Wildman–Crippen LogP) is 2.94. The Morgan fingerprint density at radius 2 is 1.84 bits per heavy atom. The maximum Gasteiger partial charge on any atom is 0.175 e. The van der Waals surface area contributed by atoms with Crippen molar-refractivity contribution in [2.75, 3.05) is 6.26 Å². The zero-order chi connectivity index (χ0) is 14.0. The number of hydrogen-bond acceptors (Lipinski definition) is 3. The number of rotatable bonds is 2. The summed E-state index contributed by atoms with van der Waals surface area (Å²) >= 11 is 0. The third-order valence-electron chi connectivity index (χ3n) is 2.87. The van der Waals surface area contributed by atoms with Gasteiger partial charge in [-0.1, -0.05) is 29.8 Å². The van der Waals surface area contributed by atoms with E-state index in [0.29, 0.717) is 5.56 Å². The van der Waals surface area contributed by atoms with Gasteiger partial charge in [0.15, 0.2) is 9.84 Å². The summed E-state index contributed by atoms with van der Waals surface area (Å²) in [5, 5.41) is 9.13. The molecule has 0 aromatic heterocycles. The van der Waals surface area contributed by atoms with Gasteiger partial charge in [-0.2, -0.15) is 5.26 Å². The van der Waals surface area contributed by atoms with E-state index >= 15 is 0 Å². The molecule has 0 spiro atoms. The fourth-order valence-electron chi connectivity index (χ4n) is 1.89. The van der Waals surface area contributed by atoms with Gasteiger partial charge in [-0.05, 0) is 36.2 Å². The molecule has 0 fully saturated rings. The molecule has 3 nitrogen and oxygen atoms in total. The van der Waals surface area contributed by atoms with Gasteiger partial charge in [0.05, 0.1) is 16.5 Å². The lowest BCUT2D eigenvalue weighted by atomic mass is 9.98. The first-order chi connectivity index (χ1) is 8.91. The lowest BCUT2D eigenvalue weighted by molar-refractivity contribution is 0.602. The molecule has 4 heteroatoms. The van der Waals surface area contributed by atoms with Crippen LogP contribution >= 0.6 is 0 Å². The molecule has 0 amide bonds. The fourth-order valence-corrected chi connectivity index (χ4v) is 2.56. The maximum atomic E-state index is 11.6. The zero-order valence-corrected chi connectivity index (χ0v) is 11.5. The van der Waals surface area contributed by atoms with Crippen molar-refractivity contribution in [2.45, 2.75) is 11.8 Å². The molecule has 0 bridgehead atoms. The molecule has 0 heterocycles. The third kappa shape index (κ3) is 2.83. The van der Waals surface area contributed by atoms with Crippen molar-refractivity contribution in [2.24, 2.45) is 0 Å². The molecule has 0 aliphatic rings. The lowest BCUT2D eigenvalue weighted by Gasteiger charge is -2.07. The van der Waals surface area contributed by atoms with E-state index in [9.17, 15) is 8.42 Å². The van der Waals surface area contributed by atoms with Crippen LogP contribution in [0.2, 0.25) is 0 Å². The monoisotopic (exact) mass is 271 g/mol. The highest BCUT2D eigenvalue weighted by atomic mass is 32.2. The summed E-state index contributed by atoms with van der Waals surface area (Å²) in [4.78, 5) is 0.260. The Bertz CT molecular complexity index is 771. The van der Waals surface area contributed by atoms with E-state index in [1.165, 1.54) is 6.26 Å². The molecule has 0 N–H and O–H groups in total. The Morgan fingerprint density at radius 3 is 2.47 bits per heavy atom. The number of nitriles is 1. The van der Waals surface area contributed by atoms with Crippen LogP contribution in [-0.4, -0.2) is 14.7 Å². The molecule has 2 rings (SSSR count). The second-order valence-corrected chi connectivity index (χ2v) is 6.48. The summed E-state index contributed by atoms with van der Waals surface area (Å²) in [5.41, 5.74) is 3.06. The summed E-state index contributed by atoms with van der Waals surface area (Å²) in [6.45, 7) is 1.94. The minimum atomic E-state index is -3.25. The van der Waals surface area contributed by atoms with Gasteiger partial charge in [-0.3, -0.25) is 0 Å². The molecule has 96 valence electrons. The standard InChI is InChI=1S/C15H13NO2S/c1-11-6-7-13(10-16)15(8-11)12-4-3-5-14(9-12)19(2,17)18/h3-9H,1-2H3. The third-order valence-corrected chi connectivity index (χ3v) is 3.98. The van der Waals surface area contributed by atoms with Crippen molar-refractivity contribution in [3.8, 4) is 17.2 Å². The highest BCUT2D eigenvalue weighted by Gasteiger charge is 2.10. The van der Waals surface area contributed by atoms with Crippen LogP contribution in [0.15, 0.2) is 47.4 Å². The molecular formula is C15H13NO2S. The number of nitrogens with zero attached hydrogens (tertiary/aromatic N) is 1. The normalized spacial score (nSPS) is 11.0. The van der Waals surface area contributed by atoms with Crippen LogP contribution < -0.4 is 0 Å². The number of hydrogen-bond donors (Lipinski definition) is 0. The highest BCUT2D eigenvalue weighted by Crippen LogP contribution is 2.26. The van der Waals surface area contributed by atoms with Gasteiger partial charge in [0.25, 0.3) is 0 Å². The van der Waals surface area contributed by atoms with Crippen LogP contribution in [-0.2, 0) is 9.84 Å². The number of benzene rings is 2. The van der Waals surface area contributed by atoms with E-state index in [1.54, 1.807) is 24.3 Å². The van der Waals surface area contributed by atoms with Crippen LogP contribution in [0.4, 0.5) is 0 Å². The summed E-state index contributed by atoms with van der Waals surface area (Å²) < 4.78 is 23.1. The molecule has 0 aliphatic heterocycles. The van der Waals surface area contributed by atoms with E-state index in [0.717, 1.165) is 16.7 Å². The van der Waals surface area contributed by atoms with Crippen molar-refractivity contribution in [1.29, 1.82) is 5.26 Å². The van der Waals surface area contributed by atoms with Gasteiger partial charge in [0, 0.05) is 6.26 Å². The van der Waals surface area contributed by atoms with E-state index < -0.39 is 9.84 Å². The Balaban J connectivity index is 2.67. The zero-order valence-electron chi connectivity index (χ0n) is 10.7. The van der Waals surface area contributed by atoms with E-state index in [1.807, 2.05) is 25.1 Å². The van der Waals surface area contributed by atoms with Gasteiger partial charge >= 0.3 is 0 Å². The average Bonchev–Trinajstić information content (AvgIpc) is 2.38. The lowest BCUT2D eigenvalue weighted by Crippen LogP contribution is -1.97. The van der Waals surface area contributed by atoms with Crippen LogP contribution in [0.1, 0.15) is 11.1 Å². The number of sulfone groups is 1. The summed E-state index contributed by atoms with van der Waals surface area (Å²) in [6, 6.07) is 14.3. The summed E-state index contributed by atoms with van der Waals surface area (Å²) in [7, 11) is -3.25. The van der Waals surface area contributed by atoms with Crippen LogP contribution in [0, 0.1) is 18.3 Å². The Kier molecular flexibility index (Phi) is 3.41. The highest BCUT2D eigenvalue weighted by molar-refractivity contribution is 7.90. The minimum Gasteiger partial charge on any atom is -0.224 e. The number of aryl methyl sites for hydroxylation is 1. The molecule has 0 radical (unpaired) electrons. The van der Waals surface area contributed by atoms with Gasteiger partial charge in [0.1, 0.15) is 0 Å². The van der Waals surface area contributed by atoms with Crippen molar-refractivity contribution in [1.82, 2.24) is 0 Å². The largest absolute Gasteiger partial charge is 0.224 e.